The number of carbonyl (C=O) groups is 2. The standard InChI is InChI=1S/C21H30N6O6/c1-5-7-9-26(15-17(22)27(8-6-2)20(31)23-18(15)29)13(28)11-32-19(30)14-12-10-33-21(3,4)16(12)25-24-14/h5-11,22H2,1-4H3,(H,24,25)(H,23,29,31). The second-order valence-corrected chi connectivity index (χ2v) is 8.34. The molecule has 0 radical (unpaired) electrons. The van der Waals surface area contributed by atoms with Crippen LogP contribution in [0.4, 0.5) is 11.5 Å². The lowest BCUT2D eigenvalue weighted by Gasteiger charge is -2.24. The molecule has 3 rings (SSSR count). The molecule has 0 aliphatic carbocycles. The highest BCUT2D eigenvalue weighted by Gasteiger charge is 2.37. The number of unbranched alkanes of at least 4 members (excludes halogenated alkanes) is 1. The number of esters is 1. The number of rotatable bonds is 9. The maximum Gasteiger partial charge on any atom is 0.359 e. The molecule has 0 unspecified atom stereocenters. The molecule has 12 nitrogen and oxygen atoms in total. The first-order valence-corrected chi connectivity index (χ1v) is 10.9. The summed E-state index contributed by atoms with van der Waals surface area (Å²) in [7, 11) is 0. The summed E-state index contributed by atoms with van der Waals surface area (Å²) in [5, 5.41) is 6.81. The number of carbonyl (C=O) groups excluding carboxylic acids is 2. The summed E-state index contributed by atoms with van der Waals surface area (Å²) < 4.78 is 12.1. The van der Waals surface area contributed by atoms with Gasteiger partial charge < -0.3 is 20.1 Å². The first-order valence-electron chi connectivity index (χ1n) is 10.9. The van der Waals surface area contributed by atoms with Crippen LogP contribution in [-0.4, -0.2) is 44.8 Å². The van der Waals surface area contributed by atoms with Crippen LogP contribution in [0.2, 0.25) is 0 Å². The molecule has 1 aliphatic rings. The minimum absolute atomic E-state index is 0.0531. The Balaban J connectivity index is 1.83. The van der Waals surface area contributed by atoms with Gasteiger partial charge in [0.25, 0.3) is 11.5 Å². The topological polar surface area (TPSA) is 165 Å². The van der Waals surface area contributed by atoms with E-state index >= 15 is 0 Å². The highest BCUT2D eigenvalue weighted by molar-refractivity contribution is 5.98. The molecule has 0 spiro atoms. The summed E-state index contributed by atoms with van der Waals surface area (Å²) in [6.45, 7) is 7.50. The van der Waals surface area contributed by atoms with Crippen molar-refractivity contribution in [3.63, 3.8) is 0 Å². The van der Waals surface area contributed by atoms with Crippen LogP contribution in [0, 0.1) is 0 Å². The summed E-state index contributed by atoms with van der Waals surface area (Å²) in [6.07, 6.45) is 1.92. The molecule has 33 heavy (non-hydrogen) atoms. The van der Waals surface area contributed by atoms with Gasteiger partial charge in [-0.2, -0.15) is 5.10 Å². The Morgan fingerprint density at radius 3 is 2.67 bits per heavy atom. The zero-order chi connectivity index (χ0) is 24.3. The number of hydrogen-bond donors (Lipinski definition) is 3. The van der Waals surface area contributed by atoms with Crippen molar-refractivity contribution in [3.8, 4) is 0 Å². The van der Waals surface area contributed by atoms with E-state index in [9.17, 15) is 19.2 Å². The molecule has 0 fully saturated rings. The van der Waals surface area contributed by atoms with E-state index in [0.29, 0.717) is 24.1 Å². The summed E-state index contributed by atoms with van der Waals surface area (Å²) in [5.74, 6) is -1.53. The van der Waals surface area contributed by atoms with Crippen LogP contribution in [-0.2, 0) is 33.0 Å². The largest absolute Gasteiger partial charge is 0.451 e. The third-order valence-corrected chi connectivity index (χ3v) is 5.53. The number of nitrogens with zero attached hydrogens (tertiary/aromatic N) is 3. The Bertz CT molecular complexity index is 1160. The number of nitrogens with one attached hydrogen (secondary N) is 2. The van der Waals surface area contributed by atoms with Crippen molar-refractivity contribution in [1.29, 1.82) is 0 Å². The quantitative estimate of drug-likeness (QED) is 0.464. The molecule has 4 N–H and O–H groups in total. The van der Waals surface area contributed by atoms with Gasteiger partial charge in [0.2, 0.25) is 0 Å². The number of anilines is 2. The van der Waals surface area contributed by atoms with Crippen LogP contribution in [0.5, 0.6) is 0 Å². The van der Waals surface area contributed by atoms with Gasteiger partial charge in [0.1, 0.15) is 11.4 Å². The van der Waals surface area contributed by atoms with Crippen molar-refractivity contribution >= 4 is 23.4 Å². The van der Waals surface area contributed by atoms with E-state index in [4.69, 9.17) is 15.2 Å². The number of ether oxygens (including phenoxy) is 2. The van der Waals surface area contributed by atoms with E-state index in [1.54, 1.807) is 0 Å². The molecular formula is C21H30N6O6. The SMILES string of the molecule is CCCCN(C(=O)COC(=O)c1n[nH]c2c1COC2(C)C)c1c(N)n(CCC)c(=O)[nH]c1=O. The molecule has 0 aromatic carbocycles. The van der Waals surface area contributed by atoms with Crippen molar-refractivity contribution in [3.05, 3.63) is 37.8 Å². The van der Waals surface area contributed by atoms with E-state index in [1.165, 1.54) is 4.57 Å². The fourth-order valence-electron chi connectivity index (χ4n) is 3.73. The molecule has 180 valence electrons. The minimum atomic E-state index is -0.782. The Labute approximate surface area is 190 Å². The van der Waals surface area contributed by atoms with Crippen LogP contribution in [0.15, 0.2) is 9.59 Å². The molecule has 3 heterocycles. The van der Waals surface area contributed by atoms with E-state index in [-0.39, 0.29) is 36.9 Å². The maximum atomic E-state index is 13.0. The van der Waals surface area contributed by atoms with Crippen molar-refractivity contribution in [2.45, 2.75) is 65.7 Å². The lowest BCUT2D eigenvalue weighted by Crippen LogP contribution is -2.43. The number of nitrogen functional groups attached to an aromatic ring is 1. The first kappa shape index (κ1) is 24.2. The maximum absolute atomic E-state index is 13.0. The number of H-pyrrole nitrogens is 2. The van der Waals surface area contributed by atoms with Crippen molar-refractivity contribution in [2.24, 2.45) is 0 Å². The van der Waals surface area contributed by atoms with Gasteiger partial charge in [0.05, 0.1) is 12.3 Å². The van der Waals surface area contributed by atoms with E-state index in [0.717, 1.165) is 11.3 Å². The Kier molecular flexibility index (Phi) is 7.06. The number of hydrogen-bond acceptors (Lipinski definition) is 8. The number of aromatic nitrogens is 4. The van der Waals surface area contributed by atoms with Gasteiger partial charge in [0.15, 0.2) is 18.0 Å². The average Bonchev–Trinajstić information content (AvgIpc) is 3.32. The molecule has 1 aliphatic heterocycles. The van der Waals surface area contributed by atoms with Crippen LogP contribution < -0.4 is 21.9 Å². The summed E-state index contributed by atoms with van der Waals surface area (Å²) >= 11 is 0. The number of nitrogens with two attached hydrogens (primary N) is 1. The lowest BCUT2D eigenvalue weighted by molar-refractivity contribution is -0.121. The summed E-state index contributed by atoms with van der Waals surface area (Å²) in [4.78, 5) is 53.7. The zero-order valence-electron chi connectivity index (χ0n) is 19.3. The average molecular weight is 463 g/mol. The molecule has 0 saturated carbocycles. The van der Waals surface area contributed by atoms with Gasteiger partial charge in [-0.15, -0.1) is 0 Å². The summed E-state index contributed by atoms with van der Waals surface area (Å²) in [6, 6.07) is 0. The molecular weight excluding hydrogens is 432 g/mol. The number of fused-ring (bicyclic) bond motifs is 1. The Morgan fingerprint density at radius 1 is 1.27 bits per heavy atom. The van der Waals surface area contributed by atoms with Gasteiger partial charge in [-0.3, -0.25) is 24.2 Å². The van der Waals surface area contributed by atoms with Crippen LogP contribution in [0.3, 0.4) is 0 Å². The third kappa shape index (κ3) is 4.70. The Morgan fingerprint density at radius 2 is 2.00 bits per heavy atom. The smallest absolute Gasteiger partial charge is 0.359 e. The number of aromatic amines is 2. The molecule has 1 amide bonds. The predicted molar refractivity (Wildman–Crippen MR) is 120 cm³/mol. The van der Waals surface area contributed by atoms with Crippen LogP contribution >= 0.6 is 0 Å². The second kappa shape index (κ2) is 9.61. The molecule has 2 aromatic rings. The lowest BCUT2D eigenvalue weighted by atomic mass is 10.0. The highest BCUT2D eigenvalue weighted by atomic mass is 16.5. The molecule has 0 bridgehead atoms. The molecule has 12 heteroatoms. The molecule has 0 atom stereocenters. The fourth-order valence-corrected chi connectivity index (χ4v) is 3.73. The Hall–Kier alpha value is -3.41. The van der Waals surface area contributed by atoms with Crippen LogP contribution in [0.1, 0.15) is 68.7 Å². The van der Waals surface area contributed by atoms with Crippen LogP contribution in [0.25, 0.3) is 0 Å². The zero-order valence-corrected chi connectivity index (χ0v) is 19.3. The van der Waals surface area contributed by atoms with Crippen molar-refractivity contribution in [2.75, 3.05) is 23.8 Å². The third-order valence-electron chi connectivity index (χ3n) is 5.53. The van der Waals surface area contributed by atoms with Gasteiger partial charge in [-0.1, -0.05) is 20.3 Å². The number of amides is 1. The highest BCUT2D eigenvalue weighted by Crippen LogP contribution is 2.35. The van der Waals surface area contributed by atoms with E-state index in [1.807, 2.05) is 27.7 Å². The first-order chi connectivity index (χ1) is 15.6. The fraction of sp³-hybridized carbons (Fsp3) is 0.571. The van der Waals surface area contributed by atoms with Gasteiger partial charge in [-0.25, -0.2) is 9.59 Å². The van der Waals surface area contributed by atoms with Crippen molar-refractivity contribution < 1.29 is 19.1 Å². The second-order valence-electron chi connectivity index (χ2n) is 8.34. The summed E-state index contributed by atoms with van der Waals surface area (Å²) in [5.41, 5.74) is 5.29. The van der Waals surface area contributed by atoms with E-state index < -0.39 is 35.3 Å². The van der Waals surface area contributed by atoms with Gasteiger partial charge in [0, 0.05) is 18.7 Å². The van der Waals surface area contributed by atoms with Crippen molar-refractivity contribution in [1.82, 2.24) is 19.7 Å². The van der Waals surface area contributed by atoms with E-state index in [2.05, 4.69) is 15.2 Å². The monoisotopic (exact) mass is 462 g/mol. The predicted octanol–water partition coefficient (Wildman–Crippen LogP) is 1.01. The molecule has 2 aromatic heterocycles. The molecule has 0 saturated heterocycles. The minimum Gasteiger partial charge on any atom is -0.451 e. The van der Waals surface area contributed by atoms with Gasteiger partial charge in [-0.05, 0) is 26.7 Å². The van der Waals surface area contributed by atoms with Gasteiger partial charge >= 0.3 is 11.7 Å². The normalized spacial score (nSPS) is 14.2.